The number of aliphatic hydroxyl groups is 1. The molecule has 0 bridgehead atoms. The Kier molecular flexibility index (Phi) is 3.71. The highest BCUT2D eigenvalue weighted by Gasteiger charge is 2.13. The summed E-state index contributed by atoms with van der Waals surface area (Å²) in [6, 6.07) is 24.4. The number of aliphatic hydroxyl groups excluding tert-OH is 1. The van der Waals surface area contributed by atoms with E-state index in [0.29, 0.717) is 13.0 Å². The maximum absolute atomic E-state index is 10.6. The van der Waals surface area contributed by atoms with Gasteiger partial charge in [-0.15, -0.1) is 0 Å². The highest BCUT2D eigenvalue weighted by atomic mass is 16.3. The quantitative estimate of drug-likeness (QED) is 0.560. The Bertz CT molecular complexity index is 933. The van der Waals surface area contributed by atoms with Gasteiger partial charge < -0.3 is 15.4 Å². The number of hydrogen-bond acceptors (Lipinski definition) is 2. The molecule has 0 spiro atoms. The van der Waals surface area contributed by atoms with Crippen LogP contribution in [0.1, 0.15) is 5.56 Å². The van der Waals surface area contributed by atoms with Gasteiger partial charge in [-0.2, -0.15) is 0 Å². The normalized spacial score (nSPS) is 12.7. The SMILES string of the molecule is Nc1ccc(CC(O)Cn2c3ccccc3c3ccccc32)cc1. The minimum atomic E-state index is -0.451. The van der Waals surface area contributed by atoms with E-state index >= 15 is 0 Å². The lowest BCUT2D eigenvalue weighted by molar-refractivity contribution is 0.157. The molecule has 1 atom stereocenters. The first-order valence-corrected chi connectivity index (χ1v) is 8.21. The van der Waals surface area contributed by atoms with Crippen molar-refractivity contribution in [2.75, 3.05) is 5.73 Å². The first-order chi connectivity index (χ1) is 11.7. The molecule has 24 heavy (non-hydrogen) atoms. The summed E-state index contributed by atoms with van der Waals surface area (Å²) in [7, 11) is 0. The van der Waals surface area contributed by atoms with Crippen molar-refractivity contribution in [2.45, 2.75) is 19.1 Å². The van der Waals surface area contributed by atoms with Crippen molar-refractivity contribution in [1.82, 2.24) is 4.57 Å². The van der Waals surface area contributed by atoms with Gasteiger partial charge in [0, 0.05) is 40.5 Å². The second-order valence-corrected chi connectivity index (χ2v) is 6.24. The fourth-order valence-corrected chi connectivity index (χ4v) is 3.40. The predicted octanol–water partition coefficient (Wildman–Crippen LogP) is 3.98. The van der Waals surface area contributed by atoms with Crippen LogP contribution in [0.15, 0.2) is 72.8 Å². The molecule has 1 aromatic heterocycles. The second-order valence-electron chi connectivity index (χ2n) is 6.24. The summed E-state index contributed by atoms with van der Waals surface area (Å²) < 4.78 is 2.21. The average Bonchev–Trinajstić information content (AvgIpc) is 2.92. The van der Waals surface area contributed by atoms with Gasteiger partial charge in [-0.05, 0) is 29.8 Å². The van der Waals surface area contributed by atoms with E-state index in [2.05, 4.69) is 41.0 Å². The number of nitrogen functional groups attached to an aromatic ring is 1. The third-order valence-corrected chi connectivity index (χ3v) is 4.52. The van der Waals surface area contributed by atoms with Crippen LogP contribution in [0, 0.1) is 0 Å². The van der Waals surface area contributed by atoms with E-state index < -0.39 is 6.10 Å². The number of anilines is 1. The van der Waals surface area contributed by atoms with Gasteiger partial charge in [0.05, 0.1) is 6.10 Å². The molecule has 1 heterocycles. The zero-order valence-electron chi connectivity index (χ0n) is 13.4. The molecule has 120 valence electrons. The number of fused-ring (bicyclic) bond motifs is 3. The summed E-state index contributed by atoms with van der Waals surface area (Å²) in [6.07, 6.45) is 0.161. The van der Waals surface area contributed by atoms with Crippen molar-refractivity contribution in [3.05, 3.63) is 78.4 Å². The monoisotopic (exact) mass is 316 g/mol. The number of benzene rings is 3. The van der Waals surface area contributed by atoms with Gasteiger partial charge in [0.25, 0.3) is 0 Å². The highest BCUT2D eigenvalue weighted by molar-refractivity contribution is 6.07. The molecular formula is C21H20N2O. The van der Waals surface area contributed by atoms with Crippen LogP contribution in [0.4, 0.5) is 5.69 Å². The van der Waals surface area contributed by atoms with Crippen LogP contribution >= 0.6 is 0 Å². The van der Waals surface area contributed by atoms with Crippen LogP contribution in [0.25, 0.3) is 21.8 Å². The van der Waals surface area contributed by atoms with E-state index in [-0.39, 0.29) is 0 Å². The number of nitrogens with two attached hydrogens (primary N) is 1. The summed E-state index contributed by atoms with van der Waals surface area (Å²) in [6.45, 7) is 0.568. The molecule has 0 aliphatic carbocycles. The van der Waals surface area contributed by atoms with Crippen LogP contribution < -0.4 is 5.73 Å². The third-order valence-electron chi connectivity index (χ3n) is 4.52. The van der Waals surface area contributed by atoms with Crippen LogP contribution in [0.5, 0.6) is 0 Å². The molecule has 1 unspecified atom stereocenters. The predicted molar refractivity (Wildman–Crippen MR) is 100 cm³/mol. The van der Waals surface area contributed by atoms with Crippen molar-refractivity contribution in [1.29, 1.82) is 0 Å². The van der Waals surface area contributed by atoms with E-state index in [0.717, 1.165) is 22.3 Å². The summed E-state index contributed by atoms with van der Waals surface area (Å²) >= 11 is 0. The fraction of sp³-hybridized carbons (Fsp3) is 0.143. The molecule has 4 aromatic rings. The largest absolute Gasteiger partial charge is 0.399 e. The maximum Gasteiger partial charge on any atom is 0.0759 e. The molecule has 0 aliphatic rings. The highest BCUT2D eigenvalue weighted by Crippen LogP contribution is 2.29. The van der Waals surface area contributed by atoms with Gasteiger partial charge >= 0.3 is 0 Å². The Hall–Kier alpha value is -2.78. The van der Waals surface area contributed by atoms with Crippen LogP contribution in [-0.2, 0) is 13.0 Å². The minimum Gasteiger partial charge on any atom is -0.399 e. The second kappa shape index (κ2) is 6.02. The van der Waals surface area contributed by atoms with Gasteiger partial charge in [0.15, 0.2) is 0 Å². The standard InChI is InChI=1S/C21H20N2O/c22-16-11-9-15(10-12-16)13-17(24)14-23-20-7-3-1-5-18(20)19-6-2-4-8-21(19)23/h1-12,17,24H,13-14,22H2. The summed E-state index contributed by atoms with van der Waals surface area (Å²) in [5.41, 5.74) is 9.89. The van der Waals surface area contributed by atoms with Gasteiger partial charge in [-0.25, -0.2) is 0 Å². The van der Waals surface area contributed by atoms with Gasteiger partial charge in [-0.1, -0.05) is 48.5 Å². The lowest BCUT2D eigenvalue weighted by Gasteiger charge is -2.14. The van der Waals surface area contributed by atoms with E-state index in [9.17, 15) is 5.11 Å². The molecule has 0 aliphatic heterocycles. The zero-order valence-corrected chi connectivity index (χ0v) is 13.4. The maximum atomic E-state index is 10.6. The average molecular weight is 316 g/mol. The minimum absolute atomic E-state index is 0.451. The van der Waals surface area contributed by atoms with Crippen molar-refractivity contribution < 1.29 is 5.11 Å². The molecule has 3 heteroatoms. The Labute approximate surface area is 140 Å². The Morgan fingerprint density at radius 2 is 1.33 bits per heavy atom. The molecule has 4 rings (SSSR count). The summed E-state index contributed by atoms with van der Waals surface area (Å²) in [4.78, 5) is 0. The fourth-order valence-electron chi connectivity index (χ4n) is 3.40. The zero-order chi connectivity index (χ0) is 16.5. The summed E-state index contributed by atoms with van der Waals surface area (Å²) in [5, 5.41) is 13.1. The molecule has 0 radical (unpaired) electrons. The first kappa shape index (κ1) is 14.8. The van der Waals surface area contributed by atoms with Crippen molar-refractivity contribution in [3.63, 3.8) is 0 Å². The molecule has 0 fully saturated rings. The van der Waals surface area contributed by atoms with Gasteiger partial charge in [-0.3, -0.25) is 0 Å². The number of rotatable bonds is 4. The number of hydrogen-bond donors (Lipinski definition) is 2. The van der Waals surface area contributed by atoms with E-state index in [1.165, 1.54) is 10.8 Å². The number of nitrogens with zero attached hydrogens (tertiary/aromatic N) is 1. The summed E-state index contributed by atoms with van der Waals surface area (Å²) in [5.74, 6) is 0. The molecule has 3 nitrogen and oxygen atoms in total. The lowest BCUT2D eigenvalue weighted by atomic mass is 10.1. The van der Waals surface area contributed by atoms with Crippen LogP contribution in [0.2, 0.25) is 0 Å². The Balaban J connectivity index is 1.69. The number of aromatic nitrogens is 1. The topological polar surface area (TPSA) is 51.2 Å². The van der Waals surface area contributed by atoms with E-state index in [1.54, 1.807) is 0 Å². The molecule has 0 saturated carbocycles. The van der Waals surface area contributed by atoms with Gasteiger partial charge in [0.2, 0.25) is 0 Å². The van der Waals surface area contributed by atoms with Crippen molar-refractivity contribution in [2.24, 2.45) is 0 Å². The third kappa shape index (κ3) is 2.63. The molecule has 0 saturated heterocycles. The van der Waals surface area contributed by atoms with Crippen LogP contribution in [-0.4, -0.2) is 15.8 Å². The van der Waals surface area contributed by atoms with Crippen molar-refractivity contribution in [3.8, 4) is 0 Å². The number of para-hydroxylation sites is 2. The molecule has 3 N–H and O–H groups in total. The van der Waals surface area contributed by atoms with Gasteiger partial charge in [0.1, 0.15) is 0 Å². The molecule has 0 amide bonds. The Morgan fingerprint density at radius 3 is 1.92 bits per heavy atom. The van der Waals surface area contributed by atoms with Crippen LogP contribution in [0.3, 0.4) is 0 Å². The molecule has 3 aromatic carbocycles. The van der Waals surface area contributed by atoms with E-state index in [1.807, 2.05) is 36.4 Å². The molecular weight excluding hydrogens is 296 g/mol. The van der Waals surface area contributed by atoms with E-state index in [4.69, 9.17) is 5.73 Å². The van der Waals surface area contributed by atoms with Crippen molar-refractivity contribution >= 4 is 27.5 Å². The first-order valence-electron chi connectivity index (χ1n) is 8.21. The smallest absolute Gasteiger partial charge is 0.0759 e. The Morgan fingerprint density at radius 1 is 0.792 bits per heavy atom. The lowest BCUT2D eigenvalue weighted by Crippen LogP contribution is -2.18.